The number of ether oxygens (including phenoxy) is 7. The van der Waals surface area contributed by atoms with Crippen molar-refractivity contribution >= 4 is 5.97 Å². The number of hydrogen-bond acceptors (Lipinski definition) is 8. The molecule has 8 heteroatoms. The second-order valence-electron chi connectivity index (χ2n) is 7.11. The van der Waals surface area contributed by atoms with E-state index in [0.717, 1.165) is 11.1 Å². The Bertz CT molecular complexity index is 959. The van der Waals surface area contributed by atoms with Crippen LogP contribution in [0, 0.1) is 5.92 Å². The second kappa shape index (κ2) is 7.85. The topological polar surface area (TPSA) is 81.7 Å². The SMILES string of the molecule is COc1cc(-c2c([C@H]3OC(=O)C[C@H]3C)cc3c(c2OC)OCO3)cc(OC)c1OC. The predicted octanol–water partition coefficient (Wildman–Crippen LogP) is 3.74. The van der Waals surface area contributed by atoms with Crippen LogP contribution in [-0.2, 0) is 9.53 Å². The van der Waals surface area contributed by atoms with Crippen molar-refractivity contribution in [2.24, 2.45) is 5.92 Å². The number of carbonyl (C=O) groups excluding carboxylic acids is 1. The van der Waals surface area contributed by atoms with Gasteiger partial charge in [-0.05, 0) is 23.8 Å². The molecule has 4 rings (SSSR count). The number of carbonyl (C=O) groups is 1. The summed E-state index contributed by atoms with van der Waals surface area (Å²) in [6, 6.07) is 5.50. The minimum atomic E-state index is -0.449. The summed E-state index contributed by atoms with van der Waals surface area (Å²) in [7, 11) is 6.22. The van der Waals surface area contributed by atoms with Gasteiger partial charge in [-0.1, -0.05) is 6.92 Å². The zero-order valence-electron chi connectivity index (χ0n) is 17.6. The van der Waals surface area contributed by atoms with Gasteiger partial charge in [0.2, 0.25) is 18.3 Å². The molecule has 30 heavy (non-hydrogen) atoms. The Hall–Kier alpha value is -3.29. The summed E-state index contributed by atoms with van der Waals surface area (Å²) in [4.78, 5) is 12.0. The third-order valence-corrected chi connectivity index (χ3v) is 5.38. The highest BCUT2D eigenvalue weighted by atomic mass is 16.7. The molecule has 0 bridgehead atoms. The molecule has 8 nitrogen and oxygen atoms in total. The van der Waals surface area contributed by atoms with Gasteiger partial charge in [0.1, 0.15) is 6.10 Å². The van der Waals surface area contributed by atoms with Crippen LogP contribution in [0.5, 0.6) is 34.5 Å². The lowest BCUT2D eigenvalue weighted by atomic mass is 9.89. The summed E-state index contributed by atoms with van der Waals surface area (Å²) < 4.78 is 39.2. The van der Waals surface area contributed by atoms with Crippen LogP contribution < -0.4 is 28.4 Å². The van der Waals surface area contributed by atoms with Gasteiger partial charge in [-0.15, -0.1) is 0 Å². The molecule has 1 saturated heterocycles. The largest absolute Gasteiger partial charge is 0.493 e. The average Bonchev–Trinajstić information content (AvgIpc) is 3.36. The van der Waals surface area contributed by atoms with E-state index in [2.05, 4.69) is 0 Å². The van der Waals surface area contributed by atoms with Crippen molar-refractivity contribution in [2.45, 2.75) is 19.4 Å². The van der Waals surface area contributed by atoms with Crippen molar-refractivity contribution in [1.29, 1.82) is 0 Å². The van der Waals surface area contributed by atoms with E-state index in [1.807, 2.05) is 25.1 Å². The Kier molecular flexibility index (Phi) is 5.24. The van der Waals surface area contributed by atoms with Crippen LogP contribution in [0.1, 0.15) is 25.0 Å². The maximum Gasteiger partial charge on any atom is 0.306 e. The van der Waals surface area contributed by atoms with Gasteiger partial charge in [0.25, 0.3) is 0 Å². The van der Waals surface area contributed by atoms with Gasteiger partial charge in [0.05, 0.1) is 34.9 Å². The van der Waals surface area contributed by atoms with E-state index in [0.29, 0.717) is 46.5 Å². The Balaban J connectivity index is 2.00. The minimum Gasteiger partial charge on any atom is -0.493 e. The molecule has 0 spiro atoms. The maximum atomic E-state index is 12.0. The molecule has 0 N–H and O–H groups in total. The number of rotatable bonds is 6. The van der Waals surface area contributed by atoms with Crippen molar-refractivity contribution in [3.8, 4) is 45.6 Å². The molecule has 2 heterocycles. The van der Waals surface area contributed by atoms with Crippen LogP contribution >= 0.6 is 0 Å². The van der Waals surface area contributed by atoms with Crippen LogP contribution in [0.4, 0.5) is 0 Å². The van der Waals surface area contributed by atoms with Crippen LogP contribution in [0.15, 0.2) is 18.2 Å². The highest BCUT2D eigenvalue weighted by Gasteiger charge is 2.38. The number of methoxy groups -OCH3 is 4. The van der Waals surface area contributed by atoms with Crippen molar-refractivity contribution in [1.82, 2.24) is 0 Å². The normalized spacial score (nSPS) is 19.4. The summed E-state index contributed by atoms with van der Waals surface area (Å²) in [5.41, 5.74) is 2.22. The van der Waals surface area contributed by atoms with Crippen LogP contribution in [0.3, 0.4) is 0 Å². The lowest BCUT2D eigenvalue weighted by Crippen LogP contribution is -2.08. The van der Waals surface area contributed by atoms with Gasteiger partial charge in [-0.3, -0.25) is 4.79 Å². The molecule has 0 aliphatic carbocycles. The lowest BCUT2D eigenvalue weighted by molar-refractivity contribution is -0.141. The lowest BCUT2D eigenvalue weighted by Gasteiger charge is -2.23. The summed E-state index contributed by atoms with van der Waals surface area (Å²) in [5, 5.41) is 0. The van der Waals surface area contributed by atoms with Gasteiger partial charge in [0, 0.05) is 17.0 Å². The highest BCUT2D eigenvalue weighted by Crippen LogP contribution is 2.54. The van der Waals surface area contributed by atoms with Gasteiger partial charge >= 0.3 is 5.97 Å². The number of esters is 1. The number of hydrogen-bond donors (Lipinski definition) is 0. The van der Waals surface area contributed by atoms with Crippen molar-refractivity contribution < 1.29 is 38.0 Å². The Morgan fingerprint density at radius 2 is 1.57 bits per heavy atom. The second-order valence-corrected chi connectivity index (χ2v) is 7.11. The molecule has 0 aromatic heterocycles. The molecule has 160 valence electrons. The fraction of sp³-hybridized carbons (Fsp3) is 0.409. The zero-order chi connectivity index (χ0) is 21.4. The third kappa shape index (κ3) is 3.12. The maximum absolute atomic E-state index is 12.0. The smallest absolute Gasteiger partial charge is 0.306 e. The van der Waals surface area contributed by atoms with E-state index in [1.54, 1.807) is 28.4 Å². The molecule has 0 radical (unpaired) electrons. The Morgan fingerprint density at radius 1 is 0.900 bits per heavy atom. The fourth-order valence-electron chi connectivity index (χ4n) is 4.02. The first kappa shape index (κ1) is 20.0. The molecule has 1 fully saturated rings. The van der Waals surface area contributed by atoms with E-state index in [1.165, 1.54) is 0 Å². The van der Waals surface area contributed by atoms with Crippen LogP contribution in [0.25, 0.3) is 11.1 Å². The minimum absolute atomic E-state index is 0.0108. The summed E-state index contributed by atoms with van der Waals surface area (Å²) in [5.74, 6) is 2.76. The molecule has 0 unspecified atom stereocenters. The average molecular weight is 416 g/mol. The van der Waals surface area contributed by atoms with Gasteiger partial charge in [-0.2, -0.15) is 0 Å². The first-order chi connectivity index (χ1) is 14.5. The molecule has 0 saturated carbocycles. The van der Waals surface area contributed by atoms with Gasteiger partial charge in [-0.25, -0.2) is 0 Å². The Morgan fingerprint density at radius 3 is 2.10 bits per heavy atom. The summed E-state index contributed by atoms with van der Waals surface area (Å²) >= 11 is 0. The number of fused-ring (bicyclic) bond motifs is 1. The molecule has 0 amide bonds. The van der Waals surface area contributed by atoms with Crippen LogP contribution in [0.2, 0.25) is 0 Å². The number of benzene rings is 2. The van der Waals surface area contributed by atoms with E-state index < -0.39 is 6.10 Å². The molecule has 2 aromatic carbocycles. The predicted molar refractivity (Wildman–Crippen MR) is 107 cm³/mol. The quantitative estimate of drug-likeness (QED) is 0.659. The van der Waals surface area contributed by atoms with Crippen molar-refractivity contribution in [3.05, 3.63) is 23.8 Å². The summed E-state index contributed by atoms with van der Waals surface area (Å²) in [6.07, 6.45) is -0.106. The van der Waals surface area contributed by atoms with Gasteiger partial charge in [0.15, 0.2) is 23.0 Å². The number of cyclic esters (lactones) is 1. The third-order valence-electron chi connectivity index (χ3n) is 5.38. The molecule has 2 atom stereocenters. The molecule has 2 aromatic rings. The van der Waals surface area contributed by atoms with Gasteiger partial charge < -0.3 is 33.2 Å². The van der Waals surface area contributed by atoms with Crippen LogP contribution in [-0.4, -0.2) is 41.2 Å². The van der Waals surface area contributed by atoms with E-state index in [-0.39, 0.29) is 18.7 Å². The van der Waals surface area contributed by atoms with E-state index in [9.17, 15) is 4.79 Å². The summed E-state index contributed by atoms with van der Waals surface area (Å²) in [6.45, 7) is 2.06. The molecular weight excluding hydrogens is 392 g/mol. The molecule has 2 aliphatic heterocycles. The first-order valence-corrected chi connectivity index (χ1v) is 9.52. The van der Waals surface area contributed by atoms with E-state index >= 15 is 0 Å². The zero-order valence-corrected chi connectivity index (χ0v) is 17.6. The van der Waals surface area contributed by atoms with Crippen molar-refractivity contribution in [3.63, 3.8) is 0 Å². The fourth-order valence-corrected chi connectivity index (χ4v) is 4.02. The Labute approximate surface area is 174 Å². The monoisotopic (exact) mass is 416 g/mol. The molecule has 2 aliphatic rings. The highest BCUT2D eigenvalue weighted by molar-refractivity contribution is 5.84. The van der Waals surface area contributed by atoms with Crippen molar-refractivity contribution in [2.75, 3.05) is 35.2 Å². The standard InChI is InChI=1S/C22H24O8/c1-11-6-17(23)30-19(11)13-9-16-21(29-10-28-16)22(27-5)18(13)12-7-14(24-2)20(26-4)15(8-12)25-3/h7-9,11,19H,6,10H2,1-5H3/t11-,19+/m1/s1. The molecular formula is C22H24O8. The van der Waals surface area contributed by atoms with E-state index in [4.69, 9.17) is 33.2 Å². The first-order valence-electron chi connectivity index (χ1n) is 9.52.